The van der Waals surface area contributed by atoms with Gasteiger partial charge in [0.15, 0.2) is 0 Å². The lowest BCUT2D eigenvalue weighted by Crippen LogP contribution is -2.12. The van der Waals surface area contributed by atoms with E-state index in [1.807, 2.05) is 0 Å². The number of carbonyl (C=O) groups excluding carboxylic acids is 2. The number of aldehydes is 1. The van der Waals surface area contributed by atoms with Crippen molar-refractivity contribution in [3.8, 4) is 0 Å². The number of esters is 1. The van der Waals surface area contributed by atoms with Crippen LogP contribution in [-0.4, -0.2) is 19.4 Å². The van der Waals surface area contributed by atoms with E-state index in [1.165, 1.54) is 7.11 Å². The lowest BCUT2D eigenvalue weighted by Gasteiger charge is -2.06. The lowest BCUT2D eigenvalue weighted by atomic mass is 10.0. The van der Waals surface area contributed by atoms with Crippen LogP contribution in [0.15, 0.2) is 0 Å². The molecule has 3 nitrogen and oxygen atoms in total. The van der Waals surface area contributed by atoms with E-state index in [1.54, 1.807) is 0 Å². The predicted octanol–water partition coefficient (Wildman–Crippen LogP) is 1.16. The second kappa shape index (κ2) is 4.24. The Morgan fingerprint density at radius 1 is 1.58 bits per heavy atom. The van der Waals surface area contributed by atoms with Gasteiger partial charge in [-0.1, -0.05) is 0 Å². The molecule has 0 aromatic carbocycles. The van der Waals surface area contributed by atoms with Crippen molar-refractivity contribution in [2.75, 3.05) is 7.11 Å². The summed E-state index contributed by atoms with van der Waals surface area (Å²) in [6.45, 7) is 0. The fourth-order valence-electron chi connectivity index (χ4n) is 1.81. The van der Waals surface area contributed by atoms with Crippen LogP contribution in [0.4, 0.5) is 0 Å². The third kappa shape index (κ3) is 2.06. The first-order valence-corrected chi connectivity index (χ1v) is 4.29. The minimum atomic E-state index is -0.122. The van der Waals surface area contributed by atoms with Gasteiger partial charge in [0.25, 0.3) is 0 Å². The number of rotatable bonds is 3. The summed E-state index contributed by atoms with van der Waals surface area (Å²) in [4.78, 5) is 21.2. The largest absolute Gasteiger partial charge is 0.469 e. The molecule has 0 aromatic rings. The summed E-state index contributed by atoms with van der Waals surface area (Å²) in [5.41, 5.74) is 0. The summed E-state index contributed by atoms with van der Waals surface area (Å²) in [5.74, 6) is 0.329. The molecule has 0 aliphatic heterocycles. The van der Waals surface area contributed by atoms with Gasteiger partial charge >= 0.3 is 5.97 Å². The zero-order valence-corrected chi connectivity index (χ0v) is 7.29. The highest BCUT2D eigenvalue weighted by Crippen LogP contribution is 2.32. The quantitative estimate of drug-likeness (QED) is 0.471. The van der Waals surface area contributed by atoms with Crippen molar-refractivity contribution in [1.29, 1.82) is 0 Å². The molecule has 0 heterocycles. The van der Waals surface area contributed by atoms with Crippen LogP contribution in [-0.2, 0) is 14.3 Å². The van der Waals surface area contributed by atoms with Crippen molar-refractivity contribution >= 4 is 12.3 Å². The molecule has 1 saturated carbocycles. The van der Waals surface area contributed by atoms with Gasteiger partial charge in [-0.3, -0.25) is 4.79 Å². The molecule has 0 saturated heterocycles. The maximum atomic E-state index is 11.1. The second-order valence-corrected chi connectivity index (χ2v) is 3.30. The fourth-order valence-corrected chi connectivity index (χ4v) is 1.81. The normalized spacial score (nSPS) is 28.4. The molecule has 0 aromatic heterocycles. The molecule has 0 N–H and O–H groups in total. The van der Waals surface area contributed by atoms with Crippen LogP contribution in [0.3, 0.4) is 0 Å². The molecule has 68 valence electrons. The van der Waals surface area contributed by atoms with E-state index in [0.29, 0.717) is 12.3 Å². The molecule has 0 spiro atoms. The molecule has 1 aliphatic rings. The van der Waals surface area contributed by atoms with Crippen molar-refractivity contribution in [3.63, 3.8) is 0 Å². The Hall–Kier alpha value is -0.860. The number of ether oxygens (including phenoxy) is 1. The Morgan fingerprint density at radius 2 is 2.33 bits per heavy atom. The summed E-state index contributed by atoms with van der Waals surface area (Å²) in [6.07, 6.45) is 4.22. The Labute approximate surface area is 72.1 Å². The number of hydrogen-bond acceptors (Lipinski definition) is 3. The molecule has 0 bridgehead atoms. The summed E-state index contributed by atoms with van der Waals surface area (Å²) in [7, 11) is 1.41. The maximum absolute atomic E-state index is 11.1. The zero-order chi connectivity index (χ0) is 8.97. The van der Waals surface area contributed by atoms with Gasteiger partial charge in [0.1, 0.15) is 6.29 Å². The second-order valence-electron chi connectivity index (χ2n) is 3.30. The predicted molar refractivity (Wildman–Crippen MR) is 43.5 cm³/mol. The van der Waals surface area contributed by atoms with Crippen molar-refractivity contribution < 1.29 is 14.3 Å². The first-order chi connectivity index (χ1) is 5.77. The monoisotopic (exact) mass is 170 g/mol. The molecule has 0 radical (unpaired) electrons. The van der Waals surface area contributed by atoms with Crippen LogP contribution in [0.1, 0.15) is 25.7 Å². The van der Waals surface area contributed by atoms with Gasteiger partial charge in [-0.2, -0.15) is 0 Å². The third-order valence-corrected chi connectivity index (χ3v) is 2.51. The van der Waals surface area contributed by atoms with E-state index in [0.717, 1.165) is 25.5 Å². The van der Waals surface area contributed by atoms with Gasteiger partial charge in [-0.05, 0) is 25.2 Å². The number of methoxy groups -OCH3 is 1. The van der Waals surface area contributed by atoms with Crippen LogP contribution in [0.2, 0.25) is 0 Å². The van der Waals surface area contributed by atoms with E-state index in [4.69, 9.17) is 0 Å². The molecule has 2 atom stereocenters. The van der Waals surface area contributed by atoms with Crippen LogP contribution in [0, 0.1) is 11.8 Å². The van der Waals surface area contributed by atoms with E-state index in [9.17, 15) is 9.59 Å². The molecule has 1 fully saturated rings. The van der Waals surface area contributed by atoms with Crippen LogP contribution < -0.4 is 0 Å². The molecule has 1 aliphatic carbocycles. The molecular weight excluding hydrogens is 156 g/mol. The fraction of sp³-hybridized carbons (Fsp3) is 0.778. The lowest BCUT2D eigenvalue weighted by molar-refractivity contribution is -0.145. The van der Waals surface area contributed by atoms with E-state index in [-0.39, 0.29) is 11.9 Å². The summed E-state index contributed by atoms with van der Waals surface area (Å²) < 4.78 is 4.63. The Kier molecular flexibility index (Phi) is 3.26. The van der Waals surface area contributed by atoms with Gasteiger partial charge in [-0.15, -0.1) is 0 Å². The minimum absolute atomic E-state index is 0.0416. The number of carbonyl (C=O) groups is 2. The Morgan fingerprint density at radius 3 is 2.92 bits per heavy atom. The van der Waals surface area contributed by atoms with Crippen molar-refractivity contribution in [3.05, 3.63) is 0 Å². The SMILES string of the molecule is COC(=O)C1CCC(CC=O)C1. The van der Waals surface area contributed by atoms with Crippen LogP contribution in [0.5, 0.6) is 0 Å². The minimum Gasteiger partial charge on any atom is -0.469 e. The van der Waals surface area contributed by atoms with E-state index < -0.39 is 0 Å². The van der Waals surface area contributed by atoms with Crippen LogP contribution >= 0.6 is 0 Å². The van der Waals surface area contributed by atoms with Crippen molar-refractivity contribution in [2.24, 2.45) is 11.8 Å². The van der Waals surface area contributed by atoms with Crippen molar-refractivity contribution in [2.45, 2.75) is 25.7 Å². The topological polar surface area (TPSA) is 43.4 Å². The maximum Gasteiger partial charge on any atom is 0.308 e. The number of hydrogen-bond donors (Lipinski definition) is 0. The zero-order valence-electron chi connectivity index (χ0n) is 7.29. The summed E-state index contributed by atoms with van der Waals surface area (Å²) in [5, 5.41) is 0. The van der Waals surface area contributed by atoms with Crippen molar-refractivity contribution in [1.82, 2.24) is 0 Å². The molecule has 1 rings (SSSR count). The van der Waals surface area contributed by atoms with Gasteiger partial charge in [0, 0.05) is 6.42 Å². The first-order valence-electron chi connectivity index (χ1n) is 4.29. The van der Waals surface area contributed by atoms with Gasteiger partial charge < -0.3 is 9.53 Å². The van der Waals surface area contributed by atoms with Gasteiger partial charge in [0.05, 0.1) is 13.0 Å². The average Bonchev–Trinajstić information content (AvgIpc) is 2.52. The van der Waals surface area contributed by atoms with Crippen LogP contribution in [0.25, 0.3) is 0 Å². The average molecular weight is 170 g/mol. The highest BCUT2D eigenvalue weighted by Gasteiger charge is 2.29. The third-order valence-electron chi connectivity index (χ3n) is 2.51. The smallest absolute Gasteiger partial charge is 0.308 e. The summed E-state index contributed by atoms with van der Waals surface area (Å²) in [6, 6.07) is 0. The molecule has 12 heavy (non-hydrogen) atoms. The standard InChI is InChI=1S/C9H14O3/c1-12-9(11)8-3-2-7(6-8)4-5-10/h5,7-8H,2-4,6H2,1H3. The Bertz CT molecular complexity index is 177. The van der Waals surface area contributed by atoms with E-state index >= 15 is 0 Å². The van der Waals surface area contributed by atoms with Gasteiger partial charge in [0.2, 0.25) is 0 Å². The molecule has 3 heteroatoms. The summed E-state index contributed by atoms with van der Waals surface area (Å²) >= 11 is 0. The Balaban J connectivity index is 2.34. The highest BCUT2D eigenvalue weighted by atomic mass is 16.5. The molecular formula is C9H14O3. The first kappa shape index (κ1) is 9.23. The van der Waals surface area contributed by atoms with Gasteiger partial charge in [-0.25, -0.2) is 0 Å². The molecule has 2 unspecified atom stereocenters. The molecule has 0 amide bonds. The van der Waals surface area contributed by atoms with E-state index in [2.05, 4.69) is 4.74 Å². The highest BCUT2D eigenvalue weighted by molar-refractivity contribution is 5.72.